The van der Waals surface area contributed by atoms with Gasteiger partial charge >= 0.3 is 0 Å². The fraction of sp³-hybridized carbons (Fsp3) is 0.462. The number of carbonyl (C=O) groups is 1. The number of rotatable bonds is 5. The molecular weight excluding hydrogens is 278 g/mol. The van der Waals surface area contributed by atoms with Gasteiger partial charge in [0.2, 0.25) is 15.9 Å². The lowest BCUT2D eigenvalue weighted by Gasteiger charge is -2.17. The van der Waals surface area contributed by atoms with Gasteiger partial charge in [0.05, 0.1) is 10.8 Å². The fourth-order valence-electron chi connectivity index (χ4n) is 1.64. The van der Waals surface area contributed by atoms with Gasteiger partial charge in [-0.3, -0.25) is 4.79 Å². The molecule has 1 amide bonds. The Balaban J connectivity index is 3.11. The van der Waals surface area contributed by atoms with Gasteiger partial charge in [0, 0.05) is 11.7 Å². The van der Waals surface area contributed by atoms with E-state index < -0.39 is 10.0 Å². The Kier molecular flexibility index (Phi) is 5.27. The highest BCUT2D eigenvalue weighted by molar-refractivity contribution is 7.89. The molecule has 7 heteroatoms. The first-order chi connectivity index (χ1) is 9.20. The maximum absolute atomic E-state index is 12.0. The largest absolute Gasteiger partial charge is 0.327 e. The van der Waals surface area contributed by atoms with Crippen LogP contribution in [0.2, 0.25) is 0 Å². The summed E-state index contributed by atoms with van der Waals surface area (Å²) < 4.78 is 26.0. The minimum Gasteiger partial charge on any atom is -0.327 e. The Morgan fingerprint density at radius 3 is 2.40 bits per heavy atom. The summed E-state index contributed by atoms with van der Waals surface area (Å²) in [5, 5.41) is 2.72. The van der Waals surface area contributed by atoms with Gasteiger partial charge in [0.25, 0.3) is 0 Å². The Morgan fingerprint density at radius 2 is 1.90 bits per heavy atom. The number of carbonyl (C=O) groups excluding carboxylic acids is 1. The molecule has 0 saturated carbocycles. The average molecular weight is 299 g/mol. The van der Waals surface area contributed by atoms with E-state index in [1.54, 1.807) is 32.9 Å². The number of nitrogens with two attached hydrogens (primary N) is 1. The van der Waals surface area contributed by atoms with Crippen LogP contribution in [0.25, 0.3) is 0 Å². The van der Waals surface area contributed by atoms with Crippen LogP contribution in [0.15, 0.2) is 23.1 Å². The Hall–Kier alpha value is -1.44. The topological polar surface area (TPSA) is 101 Å². The quantitative estimate of drug-likeness (QED) is 0.749. The molecule has 2 unspecified atom stereocenters. The number of nitrogens with one attached hydrogen (secondary N) is 2. The van der Waals surface area contributed by atoms with Crippen LogP contribution in [0.5, 0.6) is 0 Å². The lowest BCUT2D eigenvalue weighted by Crippen LogP contribution is -2.34. The van der Waals surface area contributed by atoms with Crippen molar-refractivity contribution in [2.45, 2.75) is 31.7 Å². The van der Waals surface area contributed by atoms with Gasteiger partial charge in [-0.15, -0.1) is 0 Å². The third-order valence-electron chi connectivity index (χ3n) is 3.30. The molecule has 0 aliphatic heterocycles. The van der Waals surface area contributed by atoms with Crippen molar-refractivity contribution in [1.29, 1.82) is 0 Å². The average Bonchev–Trinajstić information content (AvgIpc) is 2.39. The molecule has 0 heterocycles. The standard InChI is InChI=1S/C13H21N3O3S/c1-8(10(3)14)13(17)16-11-6-5-7-12(9(11)2)20(18,19)15-4/h5-8,10,15H,14H2,1-4H3,(H,16,17). The predicted molar refractivity (Wildman–Crippen MR) is 78.9 cm³/mol. The molecule has 0 aliphatic rings. The number of amides is 1. The molecule has 1 rings (SSSR count). The maximum atomic E-state index is 12.0. The number of benzene rings is 1. The first-order valence-corrected chi connectivity index (χ1v) is 7.78. The predicted octanol–water partition coefficient (Wildman–Crippen LogP) is 0.825. The lowest BCUT2D eigenvalue weighted by molar-refractivity contribution is -0.119. The van der Waals surface area contributed by atoms with Crippen molar-refractivity contribution in [3.8, 4) is 0 Å². The summed E-state index contributed by atoms with van der Waals surface area (Å²) in [7, 11) is -2.20. The number of hydrogen-bond donors (Lipinski definition) is 3. The summed E-state index contributed by atoms with van der Waals surface area (Å²) in [6.07, 6.45) is 0. The zero-order valence-corrected chi connectivity index (χ0v) is 12.9. The van der Waals surface area contributed by atoms with Crippen molar-refractivity contribution < 1.29 is 13.2 Å². The smallest absolute Gasteiger partial charge is 0.240 e. The van der Waals surface area contributed by atoms with Gasteiger partial charge in [-0.25, -0.2) is 13.1 Å². The van der Waals surface area contributed by atoms with E-state index in [2.05, 4.69) is 10.0 Å². The molecule has 0 aromatic heterocycles. The Bertz CT molecular complexity index is 597. The van der Waals surface area contributed by atoms with Crippen LogP contribution in [-0.4, -0.2) is 27.4 Å². The van der Waals surface area contributed by atoms with Crippen LogP contribution < -0.4 is 15.8 Å². The van der Waals surface area contributed by atoms with E-state index in [0.29, 0.717) is 11.3 Å². The second kappa shape index (κ2) is 6.34. The van der Waals surface area contributed by atoms with E-state index in [1.807, 2.05) is 0 Å². The summed E-state index contributed by atoms with van der Waals surface area (Å²) in [6.45, 7) is 5.12. The molecule has 0 spiro atoms. The zero-order chi connectivity index (χ0) is 15.5. The maximum Gasteiger partial charge on any atom is 0.240 e. The van der Waals surface area contributed by atoms with Crippen molar-refractivity contribution in [2.24, 2.45) is 11.7 Å². The molecule has 112 valence electrons. The van der Waals surface area contributed by atoms with E-state index in [1.165, 1.54) is 13.1 Å². The van der Waals surface area contributed by atoms with Crippen molar-refractivity contribution in [2.75, 3.05) is 12.4 Å². The summed E-state index contributed by atoms with van der Waals surface area (Å²) in [5.74, 6) is -0.596. The van der Waals surface area contributed by atoms with Gasteiger partial charge < -0.3 is 11.1 Å². The molecular formula is C13H21N3O3S. The van der Waals surface area contributed by atoms with E-state index in [9.17, 15) is 13.2 Å². The van der Waals surface area contributed by atoms with E-state index in [-0.39, 0.29) is 22.8 Å². The highest BCUT2D eigenvalue weighted by Gasteiger charge is 2.20. The summed E-state index contributed by atoms with van der Waals surface area (Å²) in [6, 6.07) is 4.46. The third kappa shape index (κ3) is 3.56. The number of sulfonamides is 1. The van der Waals surface area contributed by atoms with Crippen molar-refractivity contribution in [3.63, 3.8) is 0 Å². The van der Waals surface area contributed by atoms with Crippen molar-refractivity contribution in [3.05, 3.63) is 23.8 Å². The van der Waals surface area contributed by atoms with Gasteiger partial charge in [0.15, 0.2) is 0 Å². The summed E-state index contributed by atoms with van der Waals surface area (Å²) in [4.78, 5) is 12.1. The molecule has 0 aliphatic carbocycles. The van der Waals surface area contributed by atoms with Crippen LogP contribution in [0, 0.1) is 12.8 Å². The molecule has 2 atom stereocenters. The molecule has 6 nitrogen and oxygen atoms in total. The molecule has 0 fully saturated rings. The van der Waals surface area contributed by atoms with Gasteiger partial charge in [0.1, 0.15) is 0 Å². The van der Waals surface area contributed by atoms with Crippen LogP contribution in [0.3, 0.4) is 0 Å². The highest BCUT2D eigenvalue weighted by Crippen LogP contribution is 2.23. The first kappa shape index (κ1) is 16.6. The molecule has 0 radical (unpaired) electrons. The summed E-state index contributed by atoms with van der Waals surface area (Å²) in [5.41, 5.74) is 6.65. The second-order valence-electron chi connectivity index (χ2n) is 4.77. The molecule has 4 N–H and O–H groups in total. The third-order valence-corrected chi connectivity index (χ3v) is 4.86. The van der Waals surface area contributed by atoms with Crippen LogP contribution in [0.4, 0.5) is 5.69 Å². The minimum absolute atomic E-state index is 0.145. The zero-order valence-electron chi connectivity index (χ0n) is 12.1. The highest BCUT2D eigenvalue weighted by atomic mass is 32.2. The van der Waals surface area contributed by atoms with Crippen LogP contribution in [-0.2, 0) is 14.8 Å². The minimum atomic E-state index is -3.55. The molecule has 1 aromatic rings. The molecule has 0 saturated heterocycles. The van der Waals surface area contributed by atoms with Crippen molar-refractivity contribution in [1.82, 2.24) is 4.72 Å². The van der Waals surface area contributed by atoms with E-state index in [0.717, 1.165) is 0 Å². The first-order valence-electron chi connectivity index (χ1n) is 6.30. The normalized spacial score (nSPS) is 14.7. The molecule has 1 aromatic carbocycles. The second-order valence-corrected chi connectivity index (χ2v) is 6.63. The van der Waals surface area contributed by atoms with Crippen molar-refractivity contribution >= 4 is 21.6 Å². The van der Waals surface area contributed by atoms with E-state index in [4.69, 9.17) is 5.73 Å². The Labute approximate surface area is 119 Å². The number of anilines is 1. The van der Waals surface area contributed by atoms with Gasteiger partial charge in [-0.1, -0.05) is 13.0 Å². The van der Waals surface area contributed by atoms with Crippen LogP contribution >= 0.6 is 0 Å². The fourth-order valence-corrected chi connectivity index (χ4v) is 2.63. The Morgan fingerprint density at radius 1 is 1.30 bits per heavy atom. The summed E-state index contributed by atoms with van der Waals surface area (Å²) >= 11 is 0. The molecule has 0 bridgehead atoms. The van der Waals surface area contributed by atoms with E-state index >= 15 is 0 Å². The molecule has 20 heavy (non-hydrogen) atoms. The van der Waals surface area contributed by atoms with Crippen LogP contribution in [0.1, 0.15) is 19.4 Å². The number of hydrogen-bond acceptors (Lipinski definition) is 4. The van der Waals surface area contributed by atoms with Gasteiger partial charge in [-0.05, 0) is 38.6 Å². The van der Waals surface area contributed by atoms with Gasteiger partial charge in [-0.2, -0.15) is 0 Å². The SMILES string of the molecule is CNS(=O)(=O)c1cccc(NC(=O)C(C)C(C)N)c1C. The monoisotopic (exact) mass is 299 g/mol. The lowest BCUT2D eigenvalue weighted by atomic mass is 10.0.